The summed E-state index contributed by atoms with van der Waals surface area (Å²) in [5, 5.41) is 19.8. The minimum atomic E-state index is -0.132. The molecule has 2 N–H and O–H groups in total. The van der Waals surface area contributed by atoms with Crippen LogP contribution in [0, 0.1) is 0 Å². The van der Waals surface area contributed by atoms with Gasteiger partial charge in [-0.25, -0.2) is 0 Å². The van der Waals surface area contributed by atoms with Crippen LogP contribution in [0.5, 0.6) is 0 Å². The van der Waals surface area contributed by atoms with Gasteiger partial charge in [0.1, 0.15) is 10.0 Å². The van der Waals surface area contributed by atoms with Crippen molar-refractivity contribution in [2.45, 2.75) is 39.2 Å². The molecule has 0 spiro atoms. The molecule has 1 aliphatic rings. The molecule has 0 saturated carbocycles. The second-order valence-corrected chi connectivity index (χ2v) is 5.66. The van der Waals surface area contributed by atoms with Crippen molar-refractivity contribution in [3.8, 4) is 0 Å². The van der Waals surface area contributed by atoms with Crippen LogP contribution in [0.2, 0.25) is 0 Å². The largest absolute Gasteiger partial charge is 0.344 e. The SMILES string of the molecule is CCc1nnc(CNC(=O)c2n[nH]c3c2CCC3)s1. The molecular weight excluding hydrogens is 262 g/mol. The summed E-state index contributed by atoms with van der Waals surface area (Å²) in [5.74, 6) is -0.132. The molecule has 0 saturated heterocycles. The molecule has 1 amide bonds. The fourth-order valence-electron chi connectivity index (χ4n) is 2.25. The van der Waals surface area contributed by atoms with Crippen molar-refractivity contribution >= 4 is 17.2 Å². The van der Waals surface area contributed by atoms with E-state index in [1.165, 1.54) is 11.3 Å². The van der Waals surface area contributed by atoms with Crippen molar-refractivity contribution in [1.82, 2.24) is 25.7 Å². The lowest BCUT2D eigenvalue weighted by molar-refractivity contribution is 0.0945. The highest BCUT2D eigenvalue weighted by Gasteiger charge is 2.22. The van der Waals surface area contributed by atoms with Crippen LogP contribution in [-0.4, -0.2) is 26.3 Å². The Hall–Kier alpha value is -1.76. The van der Waals surface area contributed by atoms with Crippen LogP contribution < -0.4 is 5.32 Å². The van der Waals surface area contributed by atoms with Crippen LogP contribution in [0.25, 0.3) is 0 Å². The average Bonchev–Trinajstić information content (AvgIpc) is 3.11. The van der Waals surface area contributed by atoms with E-state index < -0.39 is 0 Å². The third-order valence-corrected chi connectivity index (χ3v) is 4.30. The maximum atomic E-state index is 12.1. The smallest absolute Gasteiger partial charge is 0.272 e. The fraction of sp³-hybridized carbons (Fsp3) is 0.500. The molecule has 0 aromatic carbocycles. The topological polar surface area (TPSA) is 83.6 Å². The molecule has 0 fully saturated rings. The number of carbonyl (C=O) groups is 1. The number of nitrogens with zero attached hydrogens (tertiary/aromatic N) is 3. The fourth-order valence-corrected chi connectivity index (χ4v) is 2.97. The number of aromatic amines is 1. The summed E-state index contributed by atoms with van der Waals surface area (Å²) in [5.41, 5.74) is 2.71. The molecule has 0 bridgehead atoms. The number of aryl methyl sites for hydroxylation is 2. The van der Waals surface area contributed by atoms with Crippen LogP contribution in [0.1, 0.15) is 45.1 Å². The minimum Gasteiger partial charge on any atom is -0.344 e. The highest BCUT2D eigenvalue weighted by atomic mass is 32.1. The molecule has 0 aliphatic heterocycles. The first-order valence-electron chi connectivity index (χ1n) is 6.43. The number of hydrogen-bond donors (Lipinski definition) is 2. The summed E-state index contributed by atoms with van der Waals surface area (Å²) in [4.78, 5) is 12.1. The molecule has 7 heteroatoms. The number of nitrogens with one attached hydrogen (secondary N) is 2. The Morgan fingerprint density at radius 2 is 2.21 bits per heavy atom. The monoisotopic (exact) mass is 277 g/mol. The van der Waals surface area contributed by atoms with Crippen LogP contribution in [0.15, 0.2) is 0 Å². The third kappa shape index (κ3) is 2.37. The van der Waals surface area contributed by atoms with Gasteiger partial charge in [-0.05, 0) is 25.7 Å². The van der Waals surface area contributed by atoms with E-state index in [0.29, 0.717) is 12.2 Å². The first kappa shape index (κ1) is 12.3. The number of carbonyl (C=O) groups excluding carboxylic acids is 1. The van der Waals surface area contributed by atoms with Gasteiger partial charge in [-0.15, -0.1) is 10.2 Å². The van der Waals surface area contributed by atoms with Crippen LogP contribution in [-0.2, 0) is 25.8 Å². The molecule has 2 aromatic rings. The van der Waals surface area contributed by atoms with E-state index in [1.807, 2.05) is 6.92 Å². The Labute approximate surface area is 114 Å². The van der Waals surface area contributed by atoms with Crippen molar-refractivity contribution in [1.29, 1.82) is 0 Å². The van der Waals surface area contributed by atoms with Crippen molar-refractivity contribution < 1.29 is 4.79 Å². The van der Waals surface area contributed by atoms with Crippen LogP contribution in [0.4, 0.5) is 0 Å². The number of hydrogen-bond acceptors (Lipinski definition) is 5. The van der Waals surface area contributed by atoms with Gasteiger partial charge in [0.05, 0.1) is 6.54 Å². The summed E-state index contributed by atoms with van der Waals surface area (Å²) >= 11 is 1.53. The third-order valence-electron chi connectivity index (χ3n) is 3.23. The van der Waals surface area contributed by atoms with E-state index in [-0.39, 0.29) is 5.91 Å². The highest BCUT2D eigenvalue weighted by Crippen LogP contribution is 2.22. The number of H-pyrrole nitrogens is 1. The van der Waals surface area contributed by atoms with Gasteiger partial charge in [0.25, 0.3) is 5.91 Å². The van der Waals surface area contributed by atoms with Crippen molar-refractivity contribution in [3.63, 3.8) is 0 Å². The van der Waals surface area contributed by atoms with Gasteiger partial charge < -0.3 is 5.32 Å². The van der Waals surface area contributed by atoms with Crippen molar-refractivity contribution in [2.24, 2.45) is 0 Å². The molecule has 2 aromatic heterocycles. The van der Waals surface area contributed by atoms with E-state index in [0.717, 1.165) is 47.0 Å². The first-order valence-corrected chi connectivity index (χ1v) is 7.25. The van der Waals surface area contributed by atoms with E-state index >= 15 is 0 Å². The molecule has 1 aliphatic carbocycles. The van der Waals surface area contributed by atoms with Gasteiger partial charge in [-0.2, -0.15) is 5.10 Å². The Kier molecular flexibility index (Phi) is 3.29. The molecule has 0 radical (unpaired) electrons. The highest BCUT2D eigenvalue weighted by molar-refractivity contribution is 7.11. The van der Waals surface area contributed by atoms with Crippen LogP contribution >= 0.6 is 11.3 Å². The molecule has 6 nitrogen and oxygen atoms in total. The lowest BCUT2D eigenvalue weighted by Gasteiger charge is -2.01. The Morgan fingerprint density at radius 1 is 1.37 bits per heavy atom. The lowest BCUT2D eigenvalue weighted by atomic mass is 10.2. The minimum absolute atomic E-state index is 0.132. The Balaban J connectivity index is 1.65. The van der Waals surface area contributed by atoms with Gasteiger partial charge in [0, 0.05) is 11.3 Å². The standard InChI is InChI=1S/C12H15N5OS/c1-2-9-15-16-10(19-9)6-13-12(18)11-7-4-3-5-8(7)14-17-11/h2-6H2,1H3,(H,13,18)(H,14,17). The van der Waals surface area contributed by atoms with E-state index in [4.69, 9.17) is 0 Å². The predicted octanol–water partition coefficient (Wildman–Crippen LogP) is 1.24. The number of rotatable bonds is 4. The number of aromatic nitrogens is 4. The number of amides is 1. The van der Waals surface area contributed by atoms with Gasteiger partial charge in [0.15, 0.2) is 5.69 Å². The Bertz CT molecular complexity index is 603. The zero-order valence-electron chi connectivity index (χ0n) is 10.7. The molecule has 2 heterocycles. The summed E-state index contributed by atoms with van der Waals surface area (Å²) in [6.07, 6.45) is 3.90. The lowest BCUT2D eigenvalue weighted by Crippen LogP contribution is -2.24. The summed E-state index contributed by atoms with van der Waals surface area (Å²) < 4.78 is 0. The van der Waals surface area contributed by atoms with Gasteiger partial charge in [0.2, 0.25) is 0 Å². The quantitative estimate of drug-likeness (QED) is 0.880. The molecule has 3 rings (SSSR count). The average molecular weight is 277 g/mol. The number of fused-ring (bicyclic) bond motifs is 1. The molecular formula is C12H15N5OS. The van der Waals surface area contributed by atoms with E-state index in [2.05, 4.69) is 25.7 Å². The zero-order chi connectivity index (χ0) is 13.2. The summed E-state index contributed by atoms with van der Waals surface area (Å²) in [6.45, 7) is 2.45. The Morgan fingerprint density at radius 3 is 3.00 bits per heavy atom. The van der Waals surface area contributed by atoms with E-state index in [1.54, 1.807) is 0 Å². The second kappa shape index (κ2) is 5.08. The van der Waals surface area contributed by atoms with Crippen LogP contribution in [0.3, 0.4) is 0 Å². The molecule has 19 heavy (non-hydrogen) atoms. The zero-order valence-corrected chi connectivity index (χ0v) is 11.5. The van der Waals surface area contributed by atoms with Gasteiger partial charge >= 0.3 is 0 Å². The predicted molar refractivity (Wildman–Crippen MR) is 71.1 cm³/mol. The molecule has 100 valence electrons. The maximum absolute atomic E-state index is 12.1. The van der Waals surface area contributed by atoms with Gasteiger partial charge in [-0.1, -0.05) is 18.3 Å². The van der Waals surface area contributed by atoms with Crippen molar-refractivity contribution in [3.05, 3.63) is 27.0 Å². The molecule has 0 atom stereocenters. The normalized spacial score (nSPS) is 13.5. The van der Waals surface area contributed by atoms with Gasteiger partial charge in [-0.3, -0.25) is 9.89 Å². The first-order chi connectivity index (χ1) is 9.28. The molecule has 0 unspecified atom stereocenters. The van der Waals surface area contributed by atoms with E-state index in [9.17, 15) is 4.79 Å². The maximum Gasteiger partial charge on any atom is 0.272 e. The van der Waals surface area contributed by atoms with Crippen molar-refractivity contribution in [2.75, 3.05) is 0 Å². The summed E-state index contributed by atoms with van der Waals surface area (Å²) in [6, 6.07) is 0. The second-order valence-electron chi connectivity index (χ2n) is 4.51. The summed E-state index contributed by atoms with van der Waals surface area (Å²) in [7, 11) is 0.